The summed E-state index contributed by atoms with van der Waals surface area (Å²) in [6.07, 6.45) is 2.43. The minimum absolute atomic E-state index is 1.28. The highest BCUT2D eigenvalue weighted by molar-refractivity contribution is 7.19. The summed E-state index contributed by atoms with van der Waals surface area (Å²) in [4.78, 5) is 0. The first-order chi connectivity index (χ1) is 14.4. The number of hydrogen-bond donors (Lipinski definition) is 0. The molecule has 0 atom stereocenters. The monoisotopic (exact) mass is 386 g/mol. The van der Waals surface area contributed by atoms with Crippen LogP contribution in [0.1, 0.15) is 11.1 Å². The Morgan fingerprint density at radius 2 is 0.828 bits per heavy atom. The summed E-state index contributed by atoms with van der Waals surface area (Å²) in [5.41, 5.74) is 6.50. The molecule has 0 saturated carbocycles. The molecule has 0 N–H and O–H groups in total. The van der Waals surface area contributed by atoms with Crippen molar-refractivity contribution >= 4 is 29.2 Å². The van der Waals surface area contributed by atoms with E-state index in [2.05, 4.69) is 133 Å². The van der Waals surface area contributed by atoms with Crippen LogP contribution in [-0.4, -0.2) is 8.07 Å². The highest BCUT2D eigenvalue weighted by Gasteiger charge is 2.43. The maximum Gasteiger partial charge on any atom is 0.173 e. The molecule has 0 spiro atoms. The Morgan fingerprint density at radius 1 is 0.414 bits per heavy atom. The first kappa shape index (κ1) is 17.7. The predicted octanol–water partition coefficient (Wildman–Crippen LogP) is 5.51. The zero-order valence-electron chi connectivity index (χ0n) is 16.2. The van der Waals surface area contributed by atoms with Crippen LogP contribution in [0.15, 0.2) is 133 Å². The van der Waals surface area contributed by atoms with Crippen LogP contribution in [0.5, 0.6) is 0 Å². The molecular formula is C28H22Si. The van der Waals surface area contributed by atoms with Crippen molar-refractivity contribution in [2.24, 2.45) is 0 Å². The van der Waals surface area contributed by atoms with Crippen molar-refractivity contribution in [2.75, 3.05) is 0 Å². The molecule has 1 aliphatic rings. The standard InChI is InChI=1S/C28H22Si/c1-5-13-23(14-6-1)25-21-28(24-15-7-2-8-16-24)29(22-25,26-17-9-3-10-18-26)27-19-11-4-12-20-27/h1-22H. The molecule has 4 aromatic carbocycles. The molecule has 1 heteroatoms. The van der Waals surface area contributed by atoms with Gasteiger partial charge in [0.15, 0.2) is 8.07 Å². The van der Waals surface area contributed by atoms with E-state index in [9.17, 15) is 0 Å². The van der Waals surface area contributed by atoms with Crippen molar-refractivity contribution in [1.82, 2.24) is 0 Å². The smallest absolute Gasteiger partial charge is 0.0739 e. The van der Waals surface area contributed by atoms with Gasteiger partial charge in [0.1, 0.15) is 0 Å². The van der Waals surface area contributed by atoms with Crippen LogP contribution in [-0.2, 0) is 0 Å². The summed E-state index contributed by atoms with van der Waals surface area (Å²) in [5, 5.41) is 4.30. The Hall–Kier alpha value is -3.42. The molecule has 0 saturated heterocycles. The fraction of sp³-hybridized carbons (Fsp3) is 0. The second kappa shape index (κ2) is 7.54. The van der Waals surface area contributed by atoms with Crippen LogP contribution in [0.4, 0.5) is 0 Å². The maximum atomic E-state index is 2.58. The number of benzene rings is 4. The summed E-state index contributed by atoms with van der Waals surface area (Å²) in [6.45, 7) is 0. The van der Waals surface area contributed by atoms with Gasteiger partial charge in [0, 0.05) is 0 Å². The summed E-state index contributed by atoms with van der Waals surface area (Å²) in [5.74, 6) is 0. The van der Waals surface area contributed by atoms with E-state index in [4.69, 9.17) is 0 Å². The summed E-state index contributed by atoms with van der Waals surface area (Å²) in [6, 6.07) is 43.8. The molecule has 5 rings (SSSR count). The van der Waals surface area contributed by atoms with Crippen molar-refractivity contribution < 1.29 is 0 Å². The molecule has 0 aliphatic carbocycles. The van der Waals surface area contributed by atoms with E-state index in [1.165, 1.54) is 32.3 Å². The van der Waals surface area contributed by atoms with Crippen LogP contribution in [0, 0.1) is 0 Å². The van der Waals surface area contributed by atoms with Gasteiger partial charge in [0.05, 0.1) is 0 Å². The first-order valence-electron chi connectivity index (χ1n) is 10.0. The van der Waals surface area contributed by atoms with Gasteiger partial charge in [-0.25, -0.2) is 0 Å². The molecule has 29 heavy (non-hydrogen) atoms. The zero-order chi connectivity index (χ0) is 19.5. The number of rotatable bonds is 4. The van der Waals surface area contributed by atoms with E-state index in [1.54, 1.807) is 0 Å². The second-order valence-corrected chi connectivity index (χ2v) is 11.0. The van der Waals surface area contributed by atoms with Gasteiger partial charge in [0.25, 0.3) is 0 Å². The van der Waals surface area contributed by atoms with Gasteiger partial charge in [-0.05, 0) is 32.3 Å². The summed E-state index contributed by atoms with van der Waals surface area (Å²) >= 11 is 0. The normalized spacial score (nSPS) is 14.9. The van der Waals surface area contributed by atoms with Gasteiger partial charge in [-0.2, -0.15) is 0 Å². The van der Waals surface area contributed by atoms with Crippen LogP contribution < -0.4 is 10.4 Å². The lowest BCUT2D eigenvalue weighted by molar-refractivity contribution is 1.62. The quantitative estimate of drug-likeness (QED) is 0.406. The maximum absolute atomic E-state index is 2.58. The van der Waals surface area contributed by atoms with Gasteiger partial charge in [-0.15, -0.1) is 0 Å². The van der Waals surface area contributed by atoms with Crippen molar-refractivity contribution in [2.45, 2.75) is 0 Å². The summed E-state index contributed by atoms with van der Waals surface area (Å²) in [7, 11) is -2.30. The molecule has 1 heterocycles. The Morgan fingerprint density at radius 3 is 1.31 bits per heavy atom. The molecule has 0 radical (unpaired) electrons. The Balaban J connectivity index is 1.83. The molecule has 0 nitrogen and oxygen atoms in total. The van der Waals surface area contributed by atoms with Crippen molar-refractivity contribution in [3.05, 3.63) is 144 Å². The van der Waals surface area contributed by atoms with Gasteiger partial charge in [0.2, 0.25) is 0 Å². The van der Waals surface area contributed by atoms with Crippen molar-refractivity contribution in [3.8, 4) is 0 Å². The molecule has 0 aromatic heterocycles. The fourth-order valence-corrected chi connectivity index (χ4v) is 9.00. The molecule has 0 fully saturated rings. The van der Waals surface area contributed by atoms with E-state index in [0.29, 0.717) is 0 Å². The lowest BCUT2D eigenvalue weighted by Gasteiger charge is -2.30. The van der Waals surface area contributed by atoms with Gasteiger partial charge < -0.3 is 0 Å². The molecule has 4 aromatic rings. The topological polar surface area (TPSA) is 0 Å². The minimum Gasteiger partial charge on any atom is -0.0739 e. The Bertz CT molecular complexity index is 1120. The molecule has 0 unspecified atom stereocenters. The first-order valence-corrected chi connectivity index (χ1v) is 12.1. The summed E-state index contributed by atoms with van der Waals surface area (Å²) < 4.78 is 0. The predicted molar refractivity (Wildman–Crippen MR) is 127 cm³/mol. The number of allylic oxidation sites excluding steroid dienone is 2. The third-order valence-corrected chi connectivity index (χ3v) is 10.3. The Labute approximate surface area is 173 Å². The van der Waals surface area contributed by atoms with E-state index in [1.807, 2.05) is 0 Å². The Kier molecular flexibility index (Phi) is 4.59. The fourth-order valence-electron chi connectivity index (χ4n) is 4.39. The highest BCUT2D eigenvalue weighted by Crippen LogP contribution is 2.38. The zero-order valence-corrected chi connectivity index (χ0v) is 17.2. The van der Waals surface area contributed by atoms with Gasteiger partial charge in [-0.3, -0.25) is 0 Å². The lowest BCUT2D eigenvalue weighted by atomic mass is 10.1. The molecular weight excluding hydrogens is 364 g/mol. The van der Waals surface area contributed by atoms with Crippen molar-refractivity contribution in [1.29, 1.82) is 0 Å². The third-order valence-electron chi connectivity index (χ3n) is 5.75. The van der Waals surface area contributed by atoms with Gasteiger partial charge >= 0.3 is 0 Å². The molecule has 1 aliphatic heterocycles. The van der Waals surface area contributed by atoms with Gasteiger partial charge in [-0.1, -0.05) is 133 Å². The van der Waals surface area contributed by atoms with E-state index in [-0.39, 0.29) is 0 Å². The van der Waals surface area contributed by atoms with Crippen LogP contribution >= 0.6 is 0 Å². The van der Waals surface area contributed by atoms with Crippen LogP contribution in [0.25, 0.3) is 10.8 Å². The average molecular weight is 387 g/mol. The minimum atomic E-state index is -2.30. The molecule has 138 valence electrons. The molecule has 0 amide bonds. The molecule has 0 bridgehead atoms. The third kappa shape index (κ3) is 3.10. The van der Waals surface area contributed by atoms with Crippen LogP contribution in [0.3, 0.4) is 0 Å². The average Bonchev–Trinajstić information content (AvgIpc) is 3.23. The van der Waals surface area contributed by atoms with Crippen molar-refractivity contribution in [3.63, 3.8) is 0 Å². The lowest BCUT2D eigenvalue weighted by Crippen LogP contribution is -2.57. The van der Waals surface area contributed by atoms with E-state index < -0.39 is 8.07 Å². The van der Waals surface area contributed by atoms with Crippen LogP contribution in [0.2, 0.25) is 0 Å². The largest absolute Gasteiger partial charge is 0.173 e. The highest BCUT2D eigenvalue weighted by atomic mass is 28.3. The SMILES string of the molecule is C1=C(c2ccccc2)C=C(c2ccccc2)[Si]1(c1ccccc1)c1ccccc1. The second-order valence-electron chi connectivity index (χ2n) is 7.43. The van der Waals surface area contributed by atoms with E-state index >= 15 is 0 Å². The number of hydrogen-bond acceptors (Lipinski definition) is 0. The van der Waals surface area contributed by atoms with E-state index in [0.717, 1.165) is 0 Å².